The summed E-state index contributed by atoms with van der Waals surface area (Å²) in [6, 6.07) is 11.0. The number of ether oxygens (including phenoxy) is 1. The number of carbonyl (C=O) groups is 2. The van der Waals surface area contributed by atoms with Gasteiger partial charge in [-0.2, -0.15) is 0 Å². The molecular formula is C36H49N5O5. The summed E-state index contributed by atoms with van der Waals surface area (Å²) in [5, 5.41) is 12.2. The maximum atomic E-state index is 13.9. The third-order valence-corrected chi connectivity index (χ3v) is 9.75. The van der Waals surface area contributed by atoms with Gasteiger partial charge in [0.15, 0.2) is 0 Å². The molecule has 3 aliphatic rings. The van der Waals surface area contributed by atoms with E-state index in [1.807, 2.05) is 24.8 Å². The van der Waals surface area contributed by atoms with Crippen molar-refractivity contribution in [1.82, 2.24) is 25.0 Å². The number of amides is 1. The second kappa shape index (κ2) is 15.2. The SMILES string of the molecule is CCN(C1=C(C)C(C(=O)NCc2c(C)cc(C)[nH]c2=O)CC(c2ccc(CN3CCN(CC(=O)O)CC3)cc2)=C1)C1CCOCC1. The Hall–Kier alpha value is -3.73. The molecule has 2 aliphatic heterocycles. The van der Waals surface area contributed by atoms with Gasteiger partial charge in [-0.3, -0.25) is 24.2 Å². The molecule has 5 rings (SSSR count). The van der Waals surface area contributed by atoms with Crippen LogP contribution in [0.15, 0.2) is 52.5 Å². The maximum absolute atomic E-state index is 13.9. The highest BCUT2D eigenvalue weighted by Crippen LogP contribution is 2.38. The number of nitrogens with zero attached hydrogens (tertiary/aromatic N) is 3. The highest BCUT2D eigenvalue weighted by Gasteiger charge is 2.32. The Kier molecular flexibility index (Phi) is 11.1. The van der Waals surface area contributed by atoms with E-state index in [0.29, 0.717) is 18.0 Å². The van der Waals surface area contributed by atoms with Crippen LogP contribution >= 0.6 is 0 Å². The molecule has 1 unspecified atom stereocenters. The van der Waals surface area contributed by atoms with E-state index in [0.717, 1.165) is 99.0 Å². The number of carboxylic acid groups (broad SMARTS) is 1. The maximum Gasteiger partial charge on any atom is 0.317 e. The number of likely N-dealkylation sites (N-methyl/N-ethyl adjacent to an activating group) is 1. The second-order valence-electron chi connectivity index (χ2n) is 12.9. The van der Waals surface area contributed by atoms with Gasteiger partial charge < -0.3 is 25.0 Å². The number of benzene rings is 1. The average Bonchev–Trinajstić information content (AvgIpc) is 3.03. The number of pyridine rings is 1. The van der Waals surface area contributed by atoms with Gasteiger partial charge in [-0.25, -0.2) is 0 Å². The normalized spacial score (nSPS) is 20.0. The first-order valence-electron chi connectivity index (χ1n) is 16.6. The van der Waals surface area contributed by atoms with Crippen LogP contribution in [-0.4, -0.2) is 95.2 Å². The number of carbonyl (C=O) groups excluding carboxylic acids is 1. The summed E-state index contributed by atoms with van der Waals surface area (Å²) < 4.78 is 5.67. The fraction of sp³-hybridized carbons (Fsp3) is 0.528. The summed E-state index contributed by atoms with van der Waals surface area (Å²) in [6.45, 7) is 14.7. The zero-order chi connectivity index (χ0) is 32.8. The van der Waals surface area contributed by atoms with Crippen LogP contribution in [0.1, 0.15) is 61.1 Å². The molecule has 1 aliphatic carbocycles. The van der Waals surface area contributed by atoms with Crippen molar-refractivity contribution < 1.29 is 19.4 Å². The lowest BCUT2D eigenvalue weighted by Gasteiger charge is -2.39. The molecule has 3 heterocycles. The van der Waals surface area contributed by atoms with Crippen LogP contribution in [0.5, 0.6) is 0 Å². The van der Waals surface area contributed by atoms with E-state index in [4.69, 9.17) is 9.84 Å². The lowest BCUT2D eigenvalue weighted by atomic mass is 9.82. The Bertz CT molecular complexity index is 1510. The van der Waals surface area contributed by atoms with Gasteiger partial charge in [-0.15, -0.1) is 0 Å². The molecule has 0 spiro atoms. The number of allylic oxidation sites excluding steroid dienone is 2. The van der Waals surface area contributed by atoms with Gasteiger partial charge in [-0.1, -0.05) is 24.3 Å². The fourth-order valence-electron chi connectivity index (χ4n) is 7.09. The quantitative estimate of drug-likeness (QED) is 0.344. The Morgan fingerprint density at radius 1 is 1.04 bits per heavy atom. The van der Waals surface area contributed by atoms with Crippen molar-refractivity contribution in [3.63, 3.8) is 0 Å². The molecule has 0 bridgehead atoms. The lowest BCUT2D eigenvalue weighted by molar-refractivity contribution is -0.138. The topological polar surface area (TPSA) is 118 Å². The minimum Gasteiger partial charge on any atom is -0.480 e. The average molecular weight is 632 g/mol. The molecule has 3 N–H and O–H groups in total. The highest BCUT2D eigenvalue weighted by atomic mass is 16.5. The minimum absolute atomic E-state index is 0.0679. The van der Waals surface area contributed by atoms with Gasteiger partial charge >= 0.3 is 5.97 Å². The summed E-state index contributed by atoms with van der Waals surface area (Å²) in [4.78, 5) is 47.2. The van der Waals surface area contributed by atoms with E-state index in [-0.39, 0.29) is 30.5 Å². The van der Waals surface area contributed by atoms with Crippen molar-refractivity contribution in [2.24, 2.45) is 5.92 Å². The molecule has 248 valence electrons. The largest absolute Gasteiger partial charge is 0.480 e. The molecule has 1 atom stereocenters. The molecule has 0 radical (unpaired) electrons. The third kappa shape index (κ3) is 8.15. The van der Waals surface area contributed by atoms with Crippen LogP contribution in [-0.2, 0) is 27.4 Å². The number of aromatic nitrogens is 1. The molecule has 1 aromatic carbocycles. The number of aliphatic carboxylic acids is 1. The van der Waals surface area contributed by atoms with Crippen molar-refractivity contribution in [2.45, 2.75) is 66.1 Å². The van der Waals surface area contributed by atoms with Crippen LogP contribution in [0.3, 0.4) is 0 Å². The van der Waals surface area contributed by atoms with Crippen molar-refractivity contribution in [2.75, 3.05) is 52.5 Å². The Morgan fingerprint density at radius 3 is 2.35 bits per heavy atom. The first-order chi connectivity index (χ1) is 22.1. The Morgan fingerprint density at radius 2 is 1.72 bits per heavy atom. The molecule has 0 saturated carbocycles. The van der Waals surface area contributed by atoms with Crippen LogP contribution < -0.4 is 10.9 Å². The van der Waals surface area contributed by atoms with E-state index in [2.05, 4.69) is 64.3 Å². The van der Waals surface area contributed by atoms with E-state index in [9.17, 15) is 14.4 Å². The van der Waals surface area contributed by atoms with Crippen molar-refractivity contribution in [3.05, 3.63) is 86.0 Å². The molecule has 2 fully saturated rings. The number of piperazine rings is 1. The minimum atomic E-state index is -0.777. The highest BCUT2D eigenvalue weighted by molar-refractivity contribution is 5.86. The molecule has 2 saturated heterocycles. The first kappa shape index (κ1) is 33.6. The zero-order valence-electron chi connectivity index (χ0n) is 27.7. The van der Waals surface area contributed by atoms with E-state index < -0.39 is 5.97 Å². The van der Waals surface area contributed by atoms with Crippen LogP contribution in [0.2, 0.25) is 0 Å². The zero-order valence-corrected chi connectivity index (χ0v) is 27.7. The second-order valence-corrected chi connectivity index (χ2v) is 12.9. The molecule has 1 aromatic heterocycles. The fourth-order valence-corrected chi connectivity index (χ4v) is 7.09. The van der Waals surface area contributed by atoms with Crippen molar-refractivity contribution >= 4 is 17.4 Å². The Balaban J connectivity index is 1.35. The van der Waals surface area contributed by atoms with Crippen LogP contribution in [0.25, 0.3) is 5.57 Å². The van der Waals surface area contributed by atoms with E-state index in [1.54, 1.807) is 0 Å². The predicted octanol–water partition coefficient (Wildman–Crippen LogP) is 3.69. The molecule has 10 heteroatoms. The van der Waals surface area contributed by atoms with Gasteiger partial charge in [0.05, 0.1) is 12.5 Å². The molecule has 46 heavy (non-hydrogen) atoms. The van der Waals surface area contributed by atoms with E-state index in [1.165, 1.54) is 5.56 Å². The standard InChI is InChI=1S/C36H49N5O5/c1-5-41(30-10-16-46-17-11-30)33-20-29(19-31(26(33)4)35(44)37-21-32-24(2)18-25(3)38-36(32)45)28-8-6-27(7-9-28)22-39-12-14-40(15-13-39)23-34(42)43/h6-9,18,20,30-31H,5,10-17,19,21-23H2,1-4H3,(H,37,44)(H,38,45)(H,42,43). The summed E-state index contributed by atoms with van der Waals surface area (Å²) in [5.74, 6) is -1.20. The molecule has 10 nitrogen and oxygen atoms in total. The van der Waals surface area contributed by atoms with E-state index >= 15 is 0 Å². The van der Waals surface area contributed by atoms with Crippen LogP contribution in [0, 0.1) is 19.8 Å². The van der Waals surface area contributed by atoms with Gasteiger partial charge in [-0.05, 0) is 86.9 Å². The van der Waals surface area contributed by atoms with Gasteiger partial charge in [0.25, 0.3) is 5.56 Å². The number of rotatable bonds is 11. The Labute approximate surface area is 272 Å². The predicted molar refractivity (Wildman–Crippen MR) is 179 cm³/mol. The number of carboxylic acids is 1. The third-order valence-electron chi connectivity index (χ3n) is 9.75. The van der Waals surface area contributed by atoms with Gasteiger partial charge in [0, 0.05) is 82.0 Å². The first-order valence-corrected chi connectivity index (χ1v) is 16.6. The summed E-state index contributed by atoms with van der Waals surface area (Å²) in [5.41, 5.74) is 7.72. The molecular weight excluding hydrogens is 582 g/mol. The number of hydrogen-bond donors (Lipinski definition) is 3. The van der Waals surface area contributed by atoms with Crippen LogP contribution in [0.4, 0.5) is 0 Å². The summed E-state index contributed by atoms with van der Waals surface area (Å²) in [6.07, 6.45) is 4.78. The number of H-pyrrole nitrogens is 1. The summed E-state index contributed by atoms with van der Waals surface area (Å²) >= 11 is 0. The molecule has 1 amide bonds. The van der Waals surface area contributed by atoms with Crippen molar-refractivity contribution in [1.29, 1.82) is 0 Å². The smallest absolute Gasteiger partial charge is 0.317 e. The van der Waals surface area contributed by atoms with Gasteiger partial charge in [0.1, 0.15) is 0 Å². The number of hydrogen-bond acceptors (Lipinski definition) is 7. The van der Waals surface area contributed by atoms with Crippen molar-refractivity contribution in [3.8, 4) is 0 Å². The number of nitrogens with one attached hydrogen (secondary N) is 2. The number of aromatic amines is 1. The number of aryl methyl sites for hydroxylation is 2. The summed E-state index contributed by atoms with van der Waals surface area (Å²) in [7, 11) is 0. The molecule has 2 aromatic rings. The lowest BCUT2D eigenvalue weighted by Crippen LogP contribution is -2.47. The van der Waals surface area contributed by atoms with Gasteiger partial charge in [0.2, 0.25) is 5.91 Å². The monoisotopic (exact) mass is 631 g/mol.